The number of nitrogens with two attached hydrogens (primary N) is 1. The van der Waals surface area contributed by atoms with Gasteiger partial charge in [-0.3, -0.25) is 9.59 Å². The Morgan fingerprint density at radius 1 is 0.930 bits per heavy atom. The van der Waals surface area contributed by atoms with Crippen LogP contribution in [0.3, 0.4) is 0 Å². The third kappa shape index (κ3) is 12.4. The number of nitrogens with zero attached hydrogens (tertiary/aromatic N) is 2. The summed E-state index contributed by atoms with van der Waals surface area (Å²) in [7, 11) is 1.47. The van der Waals surface area contributed by atoms with Gasteiger partial charge in [-0.1, -0.05) is 11.8 Å². The van der Waals surface area contributed by atoms with E-state index in [-0.39, 0.29) is 36.6 Å². The normalized spacial score (nSPS) is 15.2. The zero-order valence-electron chi connectivity index (χ0n) is 24.3. The molecule has 0 spiro atoms. The van der Waals surface area contributed by atoms with Gasteiger partial charge in [0, 0.05) is 38.1 Å². The first-order chi connectivity index (χ1) is 21.0. The minimum Gasteiger partial charge on any atom is -0.496 e. The zero-order chi connectivity index (χ0) is 30.7. The van der Waals surface area contributed by atoms with Crippen LogP contribution in [0.25, 0.3) is 0 Å². The second-order valence-corrected chi connectivity index (χ2v) is 9.94. The Morgan fingerprint density at radius 2 is 1.56 bits per heavy atom. The van der Waals surface area contributed by atoms with Crippen LogP contribution in [0.2, 0.25) is 0 Å². The van der Waals surface area contributed by atoms with Crippen molar-refractivity contribution in [1.29, 1.82) is 0 Å². The number of aliphatic imine (C=N–C) groups is 1. The van der Waals surface area contributed by atoms with Crippen molar-refractivity contribution in [2.45, 2.75) is 6.04 Å². The molecule has 2 heterocycles. The highest BCUT2D eigenvalue weighted by atomic mass is 32.2. The summed E-state index contributed by atoms with van der Waals surface area (Å²) in [5, 5.41) is 13.7. The molecule has 3 rings (SSSR count). The lowest BCUT2D eigenvalue weighted by molar-refractivity contribution is -0.117. The zero-order valence-corrected chi connectivity index (χ0v) is 25.1. The van der Waals surface area contributed by atoms with E-state index in [1.165, 1.54) is 18.9 Å². The molecule has 238 valence electrons. The maximum Gasteiger partial charge on any atom is 0.314 e. The van der Waals surface area contributed by atoms with E-state index in [9.17, 15) is 14.4 Å². The Morgan fingerprint density at radius 3 is 2.16 bits per heavy atom. The van der Waals surface area contributed by atoms with E-state index in [1.807, 2.05) is 16.5 Å². The molecular formula is C27H41N7O8S. The molecule has 43 heavy (non-hydrogen) atoms. The van der Waals surface area contributed by atoms with Crippen molar-refractivity contribution < 1.29 is 38.1 Å². The molecule has 0 fully saturated rings. The van der Waals surface area contributed by atoms with Gasteiger partial charge in [0.15, 0.2) is 5.17 Å². The summed E-state index contributed by atoms with van der Waals surface area (Å²) < 4.78 is 26.8. The molecule has 0 bridgehead atoms. The third-order valence-corrected chi connectivity index (χ3v) is 6.72. The van der Waals surface area contributed by atoms with Gasteiger partial charge in [0.1, 0.15) is 11.8 Å². The molecule has 16 heteroatoms. The topological polar surface area (TPSA) is 187 Å². The molecule has 0 saturated heterocycles. The number of thioether (sulfide) groups is 1. The summed E-state index contributed by atoms with van der Waals surface area (Å²) in [5.74, 6) is -0.222. The number of carbonyl (C=O) groups is 3. The Hall–Kier alpha value is -3.41. The summed E-state index contributed by atoms with van der Waals surface area (Å²) in [6, 6.07) is 4.06. The third-order valence-electron chi connectivity index (χ3n) is 5.91. The lowest BCUT2D eigenvalue weighted by Crippen LogP contribution is -2.39. The van der Waals surface area contributed by atoms with Crippen molar-refractivity contribution in [2.75, 3.05) is 98.0 Å². The Labute approximate surface area is 255 Å². The number of methoxy groups -OCH3 is 1. The number of hydrogen-bond acceptors (Lipinski definition) is 12. The minimum atomic E-state index is -0.516. The van der Waals surface area contributed by atoms with Crippen LogP contribution in [0.4, 0.5) is 10.5 Å². The minimum absolute atomic E-state index is 0.246. The average molecular weight is 624 g/mol. The molecule has 0 radical (unpaired) electrons. The number of ether oxygens (including phenoxy) is 5. The van der Waals surface area contributed by atoms with E-state index < -0.39 is 6.04 Å². The monoisotopic (exact) mass is 623 g/mol. The average Bonchev–Trinajstić information content (AvgIpc) is 3.62. The molecule has 1 aromatic carbocycles. The number of amidine groups is 1. The second-order valence-electron chi connectivity index (χ2n) is 9.06. The summed E-state index contributed by atoms with van der Waals surface area (Å²) >= 11 is 1.48. The number of benzene rings is 1. The highest BCUT2D eigenvalue weighted by Crippen LogP contribution is 2.27. The summed E-state index contributed by atoms with van der Waals surface area (Å²) in [6.07, 6.45) is 1.90. The second kappa shape index (κ2) is 19.7. The standard InChI is InChI=1S/C27H41N7O8S/c1-38-23-3-2-20(32-25(36)22-19-34-8-17-43-27(34)33-22)18-21(23)24(35)29-5-10-40-15-16-42-12-7-31-26(37)30-6-11-41-14-13-39-9-4-28/h2-3,8,17-18,22H,4-7,9-16,19,28H2,1H3,(H,29,35)(H,32,36)(H2,30,31,37). The number of nitrogens with one attached hydrogen (secondary N) is 4. The number of anilines is 1. The molecular weight excluding hydrogens is 582 g/mol. The van der Waals surface area contributed by atoms with E-state index in [0.717, 1.165) is 5.17 Å². The molecule has 2 aliphatic heterocycles. The fourth-order valence-corrected chi connectivity index (χ4v) is 4.61. The van der Waals surface area contributed by atoms with E-state index in [2.05, 4.69) is 26.3 Å². The van der Waals surface area contributed by atoms with Crippen molar-refractivity contribution in [1.82, 2.24) is 20.9 Å². The number of hydrogen-bond donors (Lipinski definition) is 5. The van der Waals surface area contributed by atoms with Crippen LogP contribution in [0.15, 0.2) is 34.8 Å². The van der Waals surface area contributed by atoms with Gasteiger partial charge in [-0.2, -0.15) is 0 Å². The van der Waals surface area contributed by atoms with Gasteiger partial charge in [0.2, 0.25) is 0 Å². The van der Waals surface area contributed by atoms with Crippen LogP contribution in [0.5, 0.6) is 5.75 Å². The molecule has 1 unspecified atom stereocenters. The quantitative estimate of drug-likeness (QED) is 0.116. The lowest BCUT2D eigenvalue weighted by atomic mass is 10.1. The first-order valence-corrected chi connectivity index (χ1v) is 14.9. The highest BCUT2D eigenvalue weighted by Gasteiger charge is 2.31. The Balaban J connectivity index is 1.21. The fraction of sp³-hybridized carbons (Fsp3) is 0.556. The lowest BCUT2D eigenvalue weighted by Gasteiger charge is -2.14. The maximum atomic E-state index is 12.8. The van der Waals surface area contributed by atoms with Gasteiger partial charge in [-0.15, -0.1) is 0 Å². The van der Waals surface area contributed by atoms with Crippen LogP contribution in [-0.2, 0) is 23.7 Å². The van der Waals surface area contributed by atoms with Crippen LogP contribution < -0.4 is 31.7 Å². The molecule has 6 N–H and O–H groups in total. The number of carbonyl (C=O) groups excluding carboxylic acids is 3. The molecule has 4 amide bonds. The van der Waals surface area contributed by atoms with E-state index >= 15 is 0 Å². The molecule has 1 atom stereocenters. The van der Waals surface area contributed by atoms with Crippen LogP contribution in [0, 0.1) is 0 Å². The van der Waals surface area contributed by atoms with Gasteiger partial charge >= 0.3 is 6.03 Å². The number of amides is 4. The van der Waals surface area contributed by atoms with Crippen molar-refractivity contribution >= 4 is 40.5 Å². The van der Waals surface area contributed by atoms with Crippen molar-refractivity contribution in [3.8, 4) is 5.75 Å². The molecule has 1 aromatic rings. The largest absolute Gasteiger partial charge is 0.496 e. The van der Waals surface area contributed by atoms with Crippen LogP contribution >= 0.6 is 11.8 Å². The Bertz CT molecular complexity index is 1110. The van der Waals surface area contributed by atoms with Gasteiger partial charge in [-0.05, 0) is 23.6 Å². The molecule has 15 nitrogen and oxygen atoms in total. The van der Waals surface area contributed by atoms with Crippen LogP contribution in [-0.4, -0.2) is 127 Å². The van der Waals surface area contributed by atoms with Gasteiger partial charge in [0.25, 0.3) is 11.8 Å². The molecule has 2 aliphatic rings. The van der Waals surface area contributed by atoms with Gasteiger partial charge in [-0.25, -0.2) is 9.79 Å². The van der Waals surface area contributed by atoms with Crippen LogP contribution in [0.1, 0.15) is 10.4 Å². The Kier molecular flexibility index (Phi) is 15.6. The van der Waals surface area contributed by atoms with Crippen molar-refractivity contribution in [3.05, 3.63) is 35.4 Å². The molecule has 0 aromatic heterocycles. The van der Waals surface area contributed by atoms with E-state index in [0.29, 0.717) is 83.9 Å². The van der Waals surface area contributed by atoms with Gasteiger partial charge in [0.05, 0.1) is 72.1 Å². The maximum absolute atomic E-state index is 12.8. The number of urea groups is 1. The first-order valence-electron chi connectivity index (χ1n) is 14.0. The fourth-order valence-electron chi connectivity index (χ4n) is 3.83. The highest BCUT2D eigenvalue weighted by molar-refractivity contribution is 8.16. The van der Waals surface area contributed by atoms with Crippen molar-refractivity contribution in [3.63, 3.8) is 0 Å². The predicted octanol–water partition coefficient (Wildman–Crippen LogP) is -0.0540. The smallest absolute Gasteiger partial charge is 0.314 e. The van der Waals surface area contributed by atoms with Crippen molar-refractivity contribution in [2.24, 2.45) is 10.7 Å². The molecule has 0 saturated carbocycles. The predicted molar refractivity (Wildman–Crippen MR) is 162 cm³/mol. The summed E-state index contributed by atoms with van der Waals surface area (Å²) in [6.45, 7) is 5.05. The summed E-state index contributed by atoms with van der Waals surface area (Å²) in [5.41, 5.74) is 6.08. The van der Waals surface area contributed by atoms with E-state index in [4.69, 9.17) is 29.4 Å². The summed E-state index contributed by atoms with van der Waals surface area (Å²) in [4.78, 5) is 43.5. The number of rotatable bonds is 21. The molecule has 0 aliphatic carbocycles. The number of fused-ring (bicyclic) bond motifs is 1. The first kappa shape index (κ1) is 34.1. The van der Waals surface area contributed by atoms with E-state index in [1.54, 1.807) is 18.2 Å². The SMILES string of the molecule is COc1ccc(NC(=O)C2CN3C=CSC3=N2)cc1C(=O)NCCOCCOCCNC(=O)NCCOCCOCCN. The van der Waals surface area contributed by atoms with Gasteiger partial charge < -0.3 is 55.6 Å².